The van der Waals surface area contributed by atoms with Gasteiger partial charge in [-0.2, -0.15) is 4.31 Å². The highest BCUT2D eigenvalue weighted by Crippen LogP contribution is 2.20. The number of hydrogen-bond acceptors (Lipinski definition) is 3. The molecular formula is C12H16F2N2O2S2. The molecule has 0 spiro atoms. The first-order chi connectivity index (χ1) is 9.16. The highest BCUT2D eigenvalue weighted by Gasteiger charge is 2.27. The number of benzene rings is 1. The van der Waals surface area contributed by atoms with E-state index in [1.807, 2.05) is 0 Å². The average Bonchev–Trinajstić information content (AvgIpc) is 2.31. The lowest BCUT2D eigenvalue weighted by Crippen LogP contribution is -2.39. The van der Waals surface area contributed by atoms with Crippen LogP contribution < -0.4 is 5.73 Å². The van der Waals surface area contributed by atoms with Crippen LogP contribution in [0.2, 0.25) is 0 Å². The van der Waals surface area contributed by atoms with Crippen LogP contribution >= 0.6 is 12.2 Å². The van der Waals surface area contributed by atoms with Crippen LogP contribution in [-0.4, -0.2) is 30.3 Å². The summed E-state index contributed by atoms with van der Waals surface area (Å²) in [6.07, 6.45) is 0.219. The first-order valence-corrected chi connectivity index (χ1v) is 7.76. The molecule has 0 fully saturated rings. The molecule has 0 radical (unpaired) electrons. The summed E-state index contributed by atoms with van der Waals surface area (Å²) in [5.74, 6) is -2.30. The summed E-state index contributed by atoms with van der Waals surface area (Å²) in [5.41, 5.74) is 5.37. The second-order valence-corrected chi connectivity index (χ2v) is 6.92. The first kappa shape index (κ1) is 16.9. The van der Waals surface area contributed by atoms with Crippen molar-refractivity contribution in [3.63, 3.8) is 0 Å². The highest BCUT2D eigenvalue weighted by atomic mass is 32.2. The third-order valence-corrected chi connectivity index (χ3v) is 4.93. The largest absolute Gasteiger partial charge is 0.393 e. The van der Waals surface area contributed by atoms with Gasteiger partial charge in [-0.15, -0.1) is 0 Å². The summed E-state index contributed by atoms with van der Waals surface area (Å²) in [5, 5.41) is 0. The zero-order valence-electron chi connectivity index (χ0n) is 11.1. The van der Waals surface area contributed by atoms with Crippen LogP contribution in [0.25, 0.3) is 0 Å². The van der Waals surface area contributed by atoms with E-state index in [0.29, 0.717) is 6.07 Å². The molecule has 0 aliphatic carbocycles. The SMILES string of the molecule is CC(C)N(CCC(N)=S)S(=O)(=O)c1ccc(F)c(F)c1. The predicted molar refractivity (Wildman–Crippen MR) is 76.8 cm³/mol. The molecule has 4 nitrogen and oxygen atoms in total. The summed E-state index contributed by atoms with van der Waals surface area (Å²) < 4.78 is 52.0. The van der Waals surface area contributed by atoms with E-state index in [1.54, 1.807) is 13.8 Å². The van der Waals surface area contributed by atoms with Crippen LogP contribution in [0.3, 0.4) is 0 Å². The maximum absolute atomic E-state index is 13.2. The Morgan fingerprint density at radius 1 is 1.35 bits per heavy atom. The molecule has 1 aromatic carbocycles. The van der Waals surface area contributed by atoms with Gasteiger partial charge in [0.15, 0.2) is 11.6 Å². The van der Waals surface area contributed by atoms with Crippen molar-refractivity contribution in [3.8, 4) is 0 Å². The van der Waals surface area contributed by atoms with Crippen LogP contribution in [0.1, 0.15) is 20.3 Å². The van der Waals surface area contributed by atoms with Gasteiger partial charge in [-0.1, -0.05) is 12.2 Å². The Balaban J connectivity index is 3.15. The van der Waals surface area contributed by atoms with Crippen molar-refractivity contribution in [2.24, 2.45) is 5.73 Å². The maximum atomic E-state index is 13.2. The predicted octanol–water partition coefficient (Wildman–Crippen LogP) is 2.04. The summed E-state index contributed by atoms with van der Waals surface area (Å²) in [4.78, 5) is -0.107. The van der Waals surface area contributed by atoms with Gasteiger partial charge < -0.3 is 5.73 Å². The summed E-state index contributed by atoms with van der Waals surface area (Å²) >= 11 is 4.72. The van der Waals surface area contributed by atoms with E-state index in [0.717, 1.165) is 16.4 Å². The molecular weight excluding hydrogens is 306 g/mol. The minimum atomic E-state index is -3.92. The average molecular weight is 322 g/mol. The lowest BCUT2D eigenvalue weighted by Gasteiger charge is -2.25. The third-order valence-electron chi connectivity index (χ3n) is 2.65. The molecule has 0 saturated carbocycles. The Kier molecular flexibility index (Phi) is 5.55. The molecule has 0 aliphatic rings. The number of hydrogen-bond donors (Lipinski definition) is 1. The zero-order chi connectivity index (χ0) is 15.5. The Morgan fingerprint density at radius 2 is 1.95 bits per heavy atom. The van der Waals surface area contributed by atoms with E-state index in [2.05, 4.69) is 0 Å². The molecule has 1 aromatic rings. The molecule has 112 valence electrons. The smallest absolute Gasteiger partial charge is 0.243 e. The van der Waals surface area contributed by atoms with Gasteiger partial charge in [0.05, 0.1) is 9.88 Å². The standard InChI is InChI=1S/C12H16F2N2O2S2/c1-8(2)16(6-5-12(15)19)20(17,18)9-3-4-10(13)11(14)7-9/h3-4,7-8H,5-6H2,1-2H3,(H2,15,19). The molecule has 0 amide bonds. The van der Waals surface area contributed by atoms with Crippen molar-refractivity contribution in [1.29, 1.82) is 0 Å². The maximum Gasteiger partial charge on any atom is 0.243 e. The van der Waals surface area contributed by atoms with Gasteiger partial charge in [0.25, 0.3) is 0 Å². The molecule has 1 rings (SSSR count). The number of thiocarbonyl (C=S) groups is 1. The van der Waals surface area contributed by atoms with Crippen molar-refractivity contribution in [2.75, 3.05) is 6.54 Å². The van der Waals surface area contributed by atoms with E-state index in [1.165, 1.54) is 0 Å². The molecule has 0 aliphatic heterocycles. The molecule has 0 unspecified atom stereocenters. The van der Waals surface area contributed by atoms with Crippen molar-refractivity contribution in [3.05, 3.63) is 29.8 Å². The third kappa shape index (κ3) is 3.94. The molecule has 0 heterocycles. The quantitative estimate of drug-likeness (QED) is 0.814. The molecule has 0 bridgehead atoms. The van der Waals surface area contributed by atoms with E-state index in [-0.39, 0.29) is 28.9 Å². The minimum Gasteiger partial charge on any atom is -0.393 e. The zero-order valence-corrected chi connectivity index (χ0v) is 12.8. The van der Waals surface area contributed by atoms with Crippen LogP contribution in [0.5, 0.6) is 0 Å². The Hall–Kier alpha value is -1.12. The molecule has 0 atom stereocenters. The fourth-order valence-electron chi connectivity index (χ4n) is 1.65. The van der Waals surface area contributed by atoms with Crippen molar-refractivity contribution in [2.45, 2.75) is 31.2 Å². The van der Waals surface area contributed by atoms with Crippen LogP contribution in [-0.2, 0) is 10.0 Å². The van der Waals surface area contributed by atoms with Crippen molar-refractivity contribution < 1.29 is 17.2 Å². The first-order valence-electron chi connectivity index (χ1n) is 5.91. The topological polar surface area (TPSA) is 63.4 Å². The van der Waals surface area contributed by atoms with Gasteiger partial charge in [-0.3, -0.25) is 0 Å². The van der Waals surface area contributed by atoms with Gasteiger partial charge in [0, 0.05) is 19.0 Å². The van der Waals surface area contributed by atoms with Crippen LogP contribution in [0.15, 0.2) is 23.1 Å². The number of sulfonamides is 1. The number of rotatable bonds is 6. The Bertz CT molecular complexity index is 603. The Labute approximate surface area is 122 Å². The van der Waals surface area contributed by atoms with Gasteiger partial charge in [-0.25, -0.2) is 17.2 Å². The van der Waals surface area contributed by atoms with Gasteiger partial charge in [0.2, 0.25) is 10.0 Å². The normalized spacial score (nSPS) is 12.1. The van der Waals surface area contributed by atoms with Gasteiger partial charge >= 0.3 is 0 Å². The number of nitrogens with two attached hydrogens (primary N) is 1. The fraction of sp³-hybridized carbons (Fsp3) is 0.417. The molecule has 8 heteroatoms. The van der Waals surface area contributed by atoms with E-state index in [4.69, 9.17) is 18.0 Å². The monoisotopic (exact) mass is 322 g/mol. The molecule has 0 saturated heterocycles. The van der Waals surface area contributed by atoms with Gasteiger partial charge in [0.1, 0.15) is 0 Å². The summed E-state index contributed by atoms with van der Waals surface area (Å²) in [6, 6.07) is 2.13. The summed E-state index contributed by atoms with van der Waals surface area (Å²) in [7, 11) is -3.92. The fourth-order valence-corrected chi connectivity index (χ4v) is 3.39. The van der Waals surface area contributed by atoms with Crippen LogP contribution in [0.4, 0.5) is 8.78 Å². The van der Waals surface area contributed by atoms with Gasteiger partial charge in [-0.05, 0) is 32.0 Å². The van der Waals surface area contributed by atoms with Crippen LogP contribution in [0, 0.1) is 11.6 Å². The molecule has 20 heavy (non-hydrogen) atoms. The van der Waals surface area contributed by atoms with E-state index < -0.39 is 21.7 Å². The molecule has 0 aromatic heterocycles. The van der Waals surface area contributed by atoms with Crippen molar-refractivity contribution >= 4 is 27.2 Å². The lowest BCUT2D eigenvalue weighted by molar-refractivity contribution is 0.362. The number of nitrogens with zero attached hydrogens (tertiary/aromatic N) is 1. The lowest BCUT2D eigenvalue weighted by atomic mass is 10.3. The Morgan fingerprint density at radius 3 is 2.40 bits per heavy atom. The minimum absolute atomic E-state index is 0.0916. The molecule has 2 N–H and O–H groups in total. The second kappa shape index (κ2) is 6.55. The van der Waals surface area contributed by atoms with Crippen molar-refractivity contribution in [1.82, 2.24) is 4.31 Å². The summed E-state index contributed by atoms with van der Waals surface area (Å²) in [6.45, 7) is 3.45. The highest BCUT2D eigenvalue weighted by molar-refractivity contribution is 7.89. The second-order valence-electron chi connectivity index (χ2n) is 4.50. The van der Waals surface area contributed by atoms with E-state index >= 15 is 0 Å². The van der Waals surface area contributed by atoms with E-state index in [9.17, 15) is 17.2 Å². The number of halogens is 2.